The molecule has 3 heterocycles. The SMILES string of the molecule is CC[C@@H]1CC(N(Cc2cc(C(F)(F)F)cc(C(F)(F)F)c2)c2ncc(-c3cnn(C)c3)cn2)C[C@H](CC)N1C(=O)OCC1(C(=O)OC)CCCC1. The Morgan fingerprint density at radius 1 is 0.902 bits per heavy atom. The van der Waals surface area contributed by atoms with Crippen molar-refractivity contribution in [2.24, 2.45) is 12.5 Å². The molecule has 3 aromatic rings. The van der Waals surface area contributed by atoms with E-state index < -0.39 is 59.1 Å². The zero-order valence-electron chi connectivity index (χ0n) is 28.9. The van der Waals surface area contributed by atoms with Gasteiger partial charge in [0.05, 0.1) is 24.4 Å². The van der Waals surface area contributed by atoms with Gasteiger partial charge in [0.2, 0.25) is 5.95 Å². The molecule has 1 aromatic carbocycles. The van der Waals surface area contributed by atoms with Crippen molar-refractivity contribution >= 4 is 18.0 Å². The van der Waals surface area contributed by atoms with Crippen LogP contribution < -0.4 is 4.90 Å². The van der Waals surface area contributed by atoms with Crippen LogP contribution in [0.5, 0.6) is 0 Å². The minimum Gasteiger partial charge on any atom is -0.468 e. The first-order chi connectivity index (χ1) is 24.1. The van der Waals surface area contributed by atoms with Crippen LogP contribution in [0, 0.1) is 5.41 Å². The number of anilines is 1. The highest BCUT2D eigenvalue weighted by atomic mass is 19.4. The largest absolute Gasteiger partial charge is 0.468 e. The summed E-state index contributed by atoms with van der Waals surface area (Å²) in [4.78, 5) is 38.7. The normalized spacial score (nSPS) is 20.7. The van der Waals surface area contributed by atoms with Gasteiger partial charge in [0, 0.05) is 61.4 Å². The van der Waals surface area contributed by atoms with Crippen molar-refractivity contribution in [1.82, 2.24) is 24.6 Å². The molecule has 0 N–H and O–H groups in total. The molecule has 10 nitrogen and oxygen atoms in total. The zero-order valence-corrected chi connectivity index (χ0v) is 28.9. The molecule has 1 unspecified atom stereocenters. The van der Waals surface area contributed by atoms with Gasteiger partial charge in [-0.3, -0.25) is 9.48 Å². The van der Waals surface area contributed by atoms with E-state index in [1.807, 2.05) is 13.8 Å². The summed E-state index contributed by atoms with van der Waals surface area (Å²) in [5.41, 5.74) is -2.61. The van der Waals surface area contributed by atoms with Gasteiger partial charge in [-0.05, 0) is 62.3 Å². The lowest BCUT2D eigenvalue weighted by molar-refractivity contribution is -0.155. The van der Waals surface area contributed by atoms with E-state index in [1.54, 1.807) is 33.9 Å². The van der Waals surface area contributed by atoms with E-state index in [1.165, 1.54) is 19.5 Å². The van der Waals surface area contributed by atoms with Gasteiger partial charge >= 0.3 is 24.4 Å². The number of esters is 1. The highest BCUT2D eigenvalue weighted by Crippen LogP contribution is 2.41. The average Bonchev–Trinajstić information content (AvgIpc) is 3.77. The maximum Gasteiger partial charge on any atom is 0.416 e. The van der Waals surface area contributed by atoms with E-state index in [-0.39, 0.29) is 30.7 Å². The third-order valence-corrected chi connectivity index (χ3v) is 10.1. The highest BCUT2D eigenvalue weighted by molar-refractivity contribution is 5.78. The Morgan fingerprint density at radius 2 is 1.47 bits per heavy atom. The van der Waals surface area contributed by atoms with Crippen LogP contribution in [0.1, 0.15) is 81.9 Å². The van der Waals surface area contributed by atoms with Crippen molar-refractivity contribution in [3.05, 3.63) is 59.7 Å². The van der Waals surface area contributed by atoms with Gasteiger partial charge in [-0.15, -0.1) is 0 Å². The molecule has 2 fully saturated rings. The Hall–Kier alpha value is -4.37. The molecule has 1 amide bonds. The quantitative estimate of drug-likeness (QED) is 0.154. The molecule has 1 saturated carbocycles. The molecule has 0 bridgehead atoms. The van der Waals surface area contributed by atoms with Crippen LogP contribution in [-0.4, -0.2) is 68.6 Å². The van der Waals surface area contributed by atoms with Gasteiger partial charge < -0.3 is 19.3 Å². The number of hydrogen-bond donors (Lipinski definition) is 0. The number of hydrogen-bond acceptors (Lipinski definition) is 8. The molecule has 0 radical (unpaired) electrons. The monoisotopic (exact) mass is 724 g/mol. The van der Waals surface area contributed by atoms with E-state index in [4.69, 9.17) is 9.47 Å². The number of halogens is 6. The van der Waals surface area contributed by atoms with Crippen LogP contribution in [0.4, 0.5) is 37.1 Å². The number of rotatable bonds is 10. The van der Waals surface area contributed by atoms with Crippen LogP contribution >= 0.6 is 0 Å². The first-order valence-electron chi connectivity index (χ1n) is 17.0. The van der Waals surface area contributed by atoms with Crippen molar-refractivity contribution in [3.8, 4) is 11.1 Å². The topological polar surface area (TPSA) is 103 Å². The van der Waals surface area contributed by atoms with Crippen molar-refractivity contribution in [2.75, 3.05) is 18.6 Å². The molecule has 1 aliphatic carbocycles. The fourth-order valence-corrected chi connectivity index (χ4v) is 7.34. The number of aromatic nitrogens is 4. The first-order valence-corrected chi connectivity index (χ1v) is 17.0. The Kier molecular flexibility index (Phi) is 11.2. The van der Waals surface area contributed by atoms with Crippen LogP contribution in [0.25, 0.3) is 11.1 Å². The minimum absolute atomic E-state index is 0.104. The Labute approximate surface area is 292 Å². The van der Waals surface area contributed by atoms with Gasteiger partial charge in [-0.1, -0.05) is 26.7 Å². The van der Waals surface area contributed by atoms with E-state index in [9.17, 15) is 35.9 Å². The molecule has 1 aliphatic heterocycles. The maximum absolute atomic E-state index is 13.8. The van der Waals surface area contributed by atoms with Crippen LogP contribution in [0.15, 0.2) is 43.0 Å². The second-order valence-electron chi connectivity index (χ2n) is 13.4. The Bertz CT molecular complexity index is 1630. The second kappa shape index (κ2) is 15.1. The number of carbonyl (C=O) groups excluding carboxylic acids is 2. The van der Waals surface area contributed by atoms with E-state index >= 15 is 0 Å². The predicted molar refractivity (Wildman–Crippen MR) is 174 cm³/mol. The number of amides is 1. The van der Waals surface area contributed by atoms with Crippen molar-refractivity contribution < 1.29 is 45.4 Å². The number of aryl methyl sites for hydroxylation is 1. The molecular formula is C35H42F6N6O4. The molecule has 0 spiro atoms. The lowest BCUT2D eigenvalue weighted by atomic mass is 9.87. The lowest BCUT2D eigenvalue weighted by Gasteiger charge is -2.47. The average molecular weight is 725 g/mol. The fraction of sp³-hybridized carbons (Fsp3) is 0.571. The number of ether oxygens (including phenoxy) is 2. The zero-order chi connectivity index (χ0) is 37.1. The number of carbonyl (C=O) groups is 2. The number of nitrogens with zero attached hydrogens (tertiary/aromatic N) is 6. The van der Waals surface area contributed by atoms with Crippen LogP contribution in [0.3, 0.4) is 0 Å². The summed E-state index contributed by atoms with van der Waals surface area (Å²) < 4.78 is 95.4. The van der Waals surface area contributed by atoms with E-state index in [2.05, 4.69) is 15.1 Å². The molecular weight excluding hydrogens is 682 g/mol. The number of piperidine rings is 1. The van der Waals surface area contributed by atoms with Crippen molar-refractivity contribution in [3.63, 3.8) is 0 Å². The smallest absolute Gasteiger partial charge is 0.416 e. The summed E-state index contributed by atoms with van der Waals surface area (Å²) in [6, 6.07) is 0.258. The summed E-state index contributed by atoms with van der Waals surface area (Å²) >= 11 is 0. The van der Waals surface area contributed by atoms with Gasteiger partial charge in [-0.25, -0.2) is 14.8 Å². The summed E-state index contributed by atoms with van der Waals surface area (Å²) in [6.07, 6.45) is 0.115. The van der Waals surface area contributed by atoms with E-state index in [0.717, 1.165) is 18.4 Å². The number of methoxy groups -OCH3 is 1. The summed E-state index contributed by atoms with van der Waals surface area (Å²) in [5, 5.41) is 4.15. The summed E-state index contributed by atoms with van der Waals surface area (Å²) in [6.45, 7) is 3.30. The Balaban J connectivity index is 1.47. The van der Waals surface area contributed by atoms with Crippen LogP contribution in [0.2, 0.25) is 0 Å². The van der Waals surface area contributed by atoms with Gasteiger partial charge in [0.25, 0.3) is 0 Å². The molecule has 3 atom stereocenters. The second-order valence-corrected chi connectivity index (χ2v) is 13.4. The third-order valence-electron chi connectivity index (χ3n) is 10.1. The predicted octanol–water partition coefficient (Wildman–Crippen LogP) is 7.81. The van der Waals surface area contributed by atoms with Gasteiger partial charge in [-0.2, -0.15) is 31.4 Å². The van der Waals surface area contributed by atoms with Gasteiger partial charge in [0.1, 0.15) is 12.0 Å². The van der Waals surface area contributed by atoms with E-state index in [0.29, 0.717) is 56.2 Å². The third kappa shape index (κ3) is 8.41. The molecule has 2 aromatic heterocycles. The molecule has 51 heavy (non-hydrogen) atoms. The molecule has 5 rings (SSSR count). The highest BCUT2D eigenvalue weighted by Gasteiger charge is 2.46. The molecule has 1 saturated heterocycles. The first kappa shape index (κ1) is 37.9. The lowest BCUT2D eigenvalue weighted by Crippen LogP contribution is -2.57. The van der Waals surface area contributed by atoms with Crippen molar-refractivity contribution in [2.45, 2.75) is 102 Å². The van der Waals surface area contributed by atoms with Gasteiger partial charge in [0.15, 0.2) is 0 Å². The van der Waals surface area contributed by atoms with Crippen LogP contribution in [-0.2, 0) is 40.2 Å². The molecule has 278 valence electrons. The minimum atomic E-state index is -5.01. The number of likely N-dealkylation sites (tertiary alicyclic amines) is 1. The number of benzene rings is 1. The summed E-state index contributed by atoms with van der Waals surface area (Å²) in [5.74, 6) is -0.306. The van der Waals surface area contributed by atoms with Crippen molar-refractivity contribution in [1.29, 1.82) is 0 Å². The maximum atomic E-state index is 13.8. The Morgan fingerprint density at radius 3 is 1.94 bits per heavy atom. The standard InChI is InChI=1S/C35H42F6N6O4/c1-5-27-14-29(15-28(6-2)47(27)32(49)51-21-33(30(48)50-4)9-7-8-10-33)46(31-42-16-23(17-43-31)24-18-44-45(3)20-24)19-22-11-25(34(36,37)38)13-26(12-22)35(39,40)41/h11-13,16-18,20,27-29H,5-10,14-15,19,21H2,1-4H3/t27-,28+,29?. The molecule has 16 heteroatoms. The molecule has 2 aliphatic rings. The number of alkyl halides is 6. The summed E-state index contributed by atoms with van der Waals surface area (Å²) in [7, 11) is 3.05. The fourth-order valence-electron chi connectivity index (χ4n) is 7.34.